The molecule has 1 saturated heterocycles. The van der Waals surface area contributed by atoms with Crippen molar-refractivity contribution in [2.45, 2.75) is 65.8 Å². The molecule has 1 rings (SSSR count). The van der Waals surface area contributed by atoms with Crippen LogP contribution in [0.5, 0.6) is 0 Å². The molecule has 2 N–H and O–H groups in total. The van der Waals surface area contributed by atoms with Gasteiger partial charge in [0.25, 0.3) is 0 Å². The Bertz CT molecular complexity index is 215. The number of hydrogen-bond donors (Lipinski definition) is 1. The third kappa shape index (κ3) is 4.55. The van der Waals surface area contributed by atoms with Gasteiger partial charge in [0, 0.05) is 12.6 Å². The highest BCUT2D eigenvalue weighted by Gasteiger charge is 2.26. The maximum Gasteiger partial charge on any atom is 0.0243 e. The number of nitrogens with two attached hydrogens (primary N) is 1. The van der Waals surface area contributed by atoms with Crippen LogP contribution in [-0.4, -0.2) is 30.6 Å². The van der Waals surface area contributed by atoms with Crippen LogP contribution in [0.1, 0.15) is 59.8 Å². The lowest BCUT2D eigenvalue weighted by molar-refractivity contribution is 0.149. The first-order chi connectivity index (χ1) is 8.60. The molecule has 0 aromatic carbocycles. The standard InChI is InChI=1S/C16H34N2/c1-5-7-14(4)16(12-17)18-10-6-8-15(9-11-18)13(2)3/h13-16H,5-12,17H2,1-4H3. The zero-order valence-electron chi connectivity index (χ0n) is 13.0. The Hall–Kier alpha value is -0.0800. The van der Waals surface area contributed by atoms with Gasteiger partial charge in [-0.25, -0.2) is 0 Å². The lowest BCUT2D eigenvalue weighted by Crippen LogP contribution is -2.45. The van der Waals surface area contributed by atoms with Crippen LogP contribution < -0.4 is 5.73 Å². The summed E-state index contributed by atoms with van der Waals surface area (Å²) in [5.41, 5.74) is 6.04. The fraction of sp³-hybridized carbons (Fsp3) is 1.00. The molecule has 0 aromatic rings. The topological polar surface area (TPSA) is 29.3 Å². The van der Waals surface area contributed by atoms with E-state index in [1.165, 1.54) is 45.2 Å². The SMILES string of the molecule is CCCC(C)C(CN)N1CCCC(C(C)C)CC1. The molecule has 108 valence electrons. The molecule has 0 saturated carbocycles. The lowest BCUT2D eigenvalue weighted by Gasteiger charge is -2.34. The minimum absolute atomic E-state index is 0.607. The number of likely N-dealkylation sites (tertiary alicyclic amines) is 1. The Morgan fingerprint density at radius 1 is 1.17 bits per heavy atom. The molecule has 18 heavy (non-hydrogen) atoms. The van der Waals surface area contributed by atoms with E-state index in [4.69, 9.17) is 5.73 Å². The molecule has 0 radical (unpaired) electrons. The smallest absolute Gasteiger partial charge is 0.0243 e. The maximum atomic E-state index is 6.04. The molecule has 0 bridgehead atoms. The van der Waals surface area contributed by atoms with Crippen molar-refractivity contribution in [2.24, 2.45) is 23.5 Å². The Labute approximate surface area is 114 Å². The minimum atomic E-state index is 0.607. The van der Waals surface area contributed by atoms with Gasteiger partial charge in [-0.2, -0.15) is 0 Å². The summed E-state index contributed by atoms with van der Waals surface area (Å²) in [7, 11) is 0. The molecule has 0 amide bonds. The lowest BCUT2D eigenvalue weighted by atomic mass is 9.89. The van der Waals surface area contributed by atoms with Crippen LogP contribution in [0.2, 0.25) is 0 Å². The molecule has 0 aliphatic carbocycles. The van der Waals surface area contributed by atoms with Crippen LogP contribution in [0.4, 0.5) is 0 Å². The largest absolute Gasteiger partial charge is 0.329 e. The van der Waals surface area contributed by atoms with E-state index in [9.17, 15) is 0 Å². The zero-order chi connectivity index (χ0) is 13.5. The normalized spacial score (nSPS) is 26.0. The molecule has 2 nitrogen and oxygen atoms in total. The van der Waals surface area contributed by atoms with Gasteiger partial charge in [-0.1, -0.05) is 34.1 Å². The van der Waals surface area contributed by atoms with E-state index in [-0.39, 0.29) is 0 Å². The summed E-state index contributed by atoms with van der Waals surface area (Å²) < 4.78 is 0. The van der Waals surface area contributed by atoms with Gasteiger partial charge in [-0.3, -0.25) is 4.90 Å². The van der Waals surface area contributed by atoms with Crippen molar-refractivity contribution in [2.75, 3.05) is 19.6 Å². The molecule has 1 fully saturated rings. The molecule has 0 aromatic heterocycles. The van der Waals surface area contributed by atoms with Gasteiger partial charge >= 0.3 is 0 Å². The monoisotopic (exact) mass is 254 g/mol. The second-order valence-corrected chi connectivity index (χ2v) is 6.54. The predicted octanol–water partition coefficient (Wildman–Crippen LogP) is 3.51. The van der Waals surface area contributed by atoms with Gasteiger partial charge in [0.1, 0.15) is 0 Å². The van der Waals surface area contributed by atoms with Crippen molar-refractivity contribution in [3.05, 3.63) is 0 Å². The molecule has 3 atom stereocenters. The Morgan fingerprint density at radius 3 is 2.44 bits per heavy atom. The third-order valence-electron chi connectivity index (χ3n) is 4.86. The highest BCUT2D eigenvalue weighted by molar-refractivity contribution is 4.81. The van der Waals surface area contributed by atoms with Crippen LogP contribution in [0.25, 0.3) is 0 Å². The summed E-state index contributed by atoms with van der Waals surface area (Å²) in [4.78, 5) is 2.68. The highest BCUT2D eigenvalue weighted by Crippen LogP contribution is 2.27. The van der Waals surface area contributed by atoms with Gasteiger partial charge < -0.3 is 5.73 Å². The van der Waals surface area contributed by atoms with Crippen molar-refractivity contribution in [3.63, 3.8) is 0 Å². The van der Waals surface area contributed by atoms with Crippen molar-refractivity contribution in [1.82, 2.24) is 4.90 Å². The molecular weight excluding hydrogens is 220 g/mol. The summed E-state index contributed by atoms with van der Waals surface area (Å²) in [5, 5.41) is 0. The summed E-state index contributed by atoms with van der Waals surface area (Å²) in [6.45, 7) is 12.8. The van der Waals surface area contributed by atoms with Crippen molar-refractivity contribution < 1.29 is 0 Å². The molecule has 2 heteroatoms. The first kappa shape index (κ1) is 16.0. The Balaban J connectivity index is 2.54. The van der Waals surface area contributed by atoms with E-state index in [2.05, 4.69) is 32.6 Å². The van der Waals surface area contributed by atoms with Gasteiger partial charge in [-0.15, -0.1) is 0 Å². The van der Waals surface area contributed by atoms with Gasteiger partial charge in [0.15, 0.2) is 0 Å². The van der Waals surface area contributed by atoms with Gasteiger partial charge in [0.2, 0.25) is 0 Å². The van der Waals surface area contributed by atoms with E-state index in [1.54, 1.807) is 0 Å². The predicted molar refractivity (Wildman–Crippen MR) is 80.7 cm³/mol. The zero-order valence-corrected chi connectivity index (χ0v) is 13.0. The van der Waals surface area contributed by atoms with Crippen molar-refractivity contribution >= 4 is 0 Å². The second-order valence-electron chi connectivity index (χ2n) is 6.54. The molecular formula is C16H34N2. The van der Waals surface area contributed by atoms with Gasteiger partial charge in [0.05, 0.1) is 0 Å². The maximum absolute atomic E-state index is 6.04. The quantitative estimate of drug-likeness (QED) is 0.786. The third-order valence-corrected chi connectivity index (χ3v) is 4.86. The van der Waals surface area contributed by atoms with Gasteiger partial charge in [-0.05, 0) is 56.5 Å². The van der Waals surface area contributed by atoms with Crippen LogP contribution in [0.3, 0.4) is 0 Å². The Morgan fingerprint density at radius 2 is 1.89 bits per heavy atom. The first-order valence-corrected chi connectivity index (χ1v) is 8.04. The summed E-state index contributed by atoms with van der Waals surface area (Å²) >= 11 is 0. The minimum Gasteiger partial charge on any atom is -0.329 e. The van der Waals surface area contributed by atoms with Crippen LogP contribution in [-0.2, 0) is 0 Å². The van der Waals surface area contributed by atoms with Crippen LogP contribution in [0, 0.1) is 17.8 Å². The molecule has 1 aliphatic rings. The second kappa shape index (κ2) is 8.16. The average Bonchev–Trinajstić information content (AvgIpc) is 2.56. The van der Waals surface area contributed by atoms with Crippen molar-refractivity contribution in [3.8, 4) is 0 Å². The van der Waals surface area contributed by atoms with E-state index in [0.29, 0.717) is 6.04 Å². The number of hydrogen-bond acceptors (Lipinski definition) is 2. The van der Waals surface area contributed by atoms with Crippen LogP contribution in [0.15, 0.2) is 0 Å². The summed E-state index contributed by atoms with van der Waals surface area (Å²) in [6.07, 6.45) is 6.73. The first-order valence-electron chi connectivity index (χ1n) is 8.04. The summed E-state index contributed by atoms with van der Waals surface area (Å²) in [6, 6.07) is 0.607. The van der Waals surface area contributed by atoms with E-state index >= 15 is 0 Å². The Kier molecular flexibility index (Phi) is 7.25. The number of rotatable bonds is 6. The fourth-order valence-corrected chi connectivity index (χ4v) is 3.53. The van der Waals surface area contributed by atoms with E-state index in [0.717, 1.165) is 24.3 Å². The molecule has 1 heterocycles. The van der Waals surface area contributed by atoms with Crippen molar-refractivity contribution in [1.29, 1.82) is 0 Å². The highest BCUT2D eigenvalue weighted by atomic mass is 15.2. The number of nitrogens with zero attached hydrogens (tertiary/aromatic N) is 1. The van der Waals surface area contributed by atoms with E-state index in [1.807, 2.05) is 0 Å². The molecule has 0 spiro atoms. The van der Waals surface area contributed by atoms with Crippen LogP contribution >= 0.6 is 0 Å². The summed E-state index contributed by atoms with van der Waals surface area (Å²) in [5.74, 6) is 2.51. The average molecular weight is 254 g/mol. The molecule has 1 aliphatic heterocycles. The fourth-order valence-electron chi connectivity index (χ4n) is 3.53. The van der Waals surface area contributed by atoms with E-state index < -0.39 is 0 Å². The molecule has 3 unspecified atom stereocenters.